The number of hydrogen-bond acceptors (Lipinski definition) is 5. The van der Waals surface area contributed by atoms with Gasteiger partial charge in [-0.25, -0.2) is 0 Å². The predicted octanol–water partition coefficient (Wildman–Crippen LogP) is 3.77. The van der Waals surface area contributed by atoms with Gasteiger partial charge in [0.2, 0.25) is 6.79 Å². The maximum atomic E-state index is 10.3. The van der Waals surface area contributed by atoms with Crippen molar-refractivity contribution >= 4 is 5.70 Å². The second-order valence-corrected chi connectivity index (χ2v) is 7.31. The Morgan fingerprint density at radius 2 is 1.88 bits per heavy atom. The van der Waals surface area contributed by atoms with Gasteiger partial charge < -0.3 is 19.9 Å². The van der Waals surface area contributed by atoms with Crippen LogP contribution < -0.4 is 20.1 Å². The summed E-state index contributed by atoms with van der Waals surface area (Å²) in [5.74, 6) is 2.15. The number of phenolic OH excluding ortho intramolecular Hbond substituents is 1. The highest BCUT2D eigenvalue weighted by Gasteiger charge is 2.36. The van der Waals surface area contributed by atoms with Crippen molar-refractivity contribution in [1.82, 2.24) is 10.6 Å². The van der Waals surface area contributed by atoms with Crippen molar-refractivity contribution in [2.75, 3.05) is 6.79 Å². The van der Waals surface area contributed by atoms with Gasteiger partial charge in [0.15, 0.2) is 11.5 Å². The number of benzene rings is 2. The van der Waals surface area contributed by atoms with Crippen LogP contribution in [0.4, 0.5) is 0 Å². The minimum absolute atomic E-state index is 0.106. The van der Waals surface area contributed by atoms with Crippen molar-refractivity contribution in [1.29, 1.82) is 0 Å². The lowest BCUT2D eigenvalue weighted by atomic mass is 9.90. The van der Waals surface area contributed by atoms with Gasteiger partial charge in [-0.05, 0) is 43.2 Å². The van der Waals surface area contributed by atoms with Gasteiger partial charge in [0.1, 0.15) is 5.75 Å². The van der Waals surface area contributed by atoms with Crippen molar-refractivity contribution in [3.63, 3.8) is 0 Å². The van der Waals surface area contributed by atoms with Crippen LogP contribution in [0.25, 0.3) is 5.70 Å². The minimum Gasteiger partial charge on any atom is -0.508 e. The molecule has 5 nitrogen and oxygen atoms in total. The number of phenols is 1. The van der Waals surface area contributed by atoms with Crippen molar-refractivity contribution in [2.24, 2.45) is 5.92 Å². The van der Waals surface area contributed by atoms with E-state index in [-0.39, 0.29) is 18.5 Å². The predicted molar refractivity (Wildman–Crippen MR) is 101 cm³/mol. The summed E-state index contributed by atoms with van der Waals surface area (Å²) in [7, 11) is 0. The molecule has 2 aromatic rings. The zero-order chi connectivity index (χ0) is 18.3. The molecule has 0 saturated carbocycles. The third kappa shape index (κ3) is 2.88. The fourth-order valence-electron chi connectivity index (χ4n) is 3.35. The number of rotatable bonds is 3. The molecule has 0 fully saturated rings. The lowest BCUT2D eigenvalue weighted by molar-refractivity contribution is 0.174. The fraction of sp³-hybridized carbons (Fsp3) is 0.333. The van der Waals surface area contributed by atoms with Crippen molar-refractivity contribution < 1.29 is 14.6 Å². The molecule has 26 heavy (non-hydrogen) atoms. The summed E-state index contributed by atoms with van der Waals surface area (Å²) >= 11 is 0. The monoisotopic (exact) mass is 352 g/mol. The molecular formula is C21H24N2O3. The van der Waals surface area contributed by atoms with Crippen LogP contribution in [0.15, 0.2) is 48.5 Å². The van der Waals surface area contributed by atoms with Gasteiger partial charge >= 0.3 is 0 Å². The highest BCUT2D eigenvalue weighted by molar-refractivity contribution is 5.69. The number of hydrogen-bond donors (Lipinski definition) is 3. The fourth-order valence-corrected chi connectivity index (χ4v) is 3.35. The SMILES string of the molecule is CC(C)C1(C)NC(c2ccc3c(c2)OCO3)=CC(c2ccccc2O)N1. The van der Waals surface area contributed by atoms with Gasteiger partial charge in [-0.2, -0.15) is 0 Å². The molecule has 0 radical (unpaired) electrons. The largest absolute Gasteiger partial charge is 0.508 e. The van der Waals surface area contributed by atoms with E-state index >= 15 is 0 Å². The third-order valence-corrected chi connectivity index (χ3v) is 5.29. The molecule has 0 amide bonds. The minimum atomic E-state index is -0.326. The molecule has 2 heterocycles. The molecule has 2 atom stereocenters. The standard InChI is InChI=1S/C21H24N2O3/c1-13(2)21(3)22-16(14-8-9-19-20(10-14)26-12-25-19)11-17(23-21)15-6-4-5-7-18(15)24/h4-11,13,17,22-24H,12H2,1-3H3. The Hall–Kier alpha value is -2.66. The van der Waals surface area contributed by atoms with Crippen LogP contribution >= 0.6 is 0 Å². The van der Waals surface area contributed by atoms with Crippen LogP contribution in [-0.2, 0) is 0 Å². The van der Waals surface area contributed by atoms with E-state index in [0.717, 1.165) is 28.3 Å². The van der Waals surface area contributed by atoms with Gasteiger partial charge in [0.05, 0.1) is 11.7 Å². The lowest BCUT2D eigenvalue weighted by Crippen LogP contribution is -2.60. The summed E-state index contributed by atoms with van der Waals surface area (Å²) in [5.41, 5.74) is 2.57. The molecule has 2 aliphatic heterocycles. The number of para-hydroxylation sites is 1. The molecule has 2 aliphatic rings. The average molecular weight is 352 g/mol. The Bertz CT molecular complexity index is 862. The van der Waals surface area contributed by atoms with Gasteiger partial charge in [0.25, 0.3) is 0 Å². The van der Waals surface area contributed by atoms with Crippen molar-refractivity contribution in [3.8, 4) is 17.2 Å². The maximum absolute atomic E-state index is 10.3. The zero-order valence-electron chi connectivity index (χ0n) is 15.2. The summed E-state index contributed by atoms with van der Waals surface area (Å²) in [6.07, 6.45) is 2.11. The molecule has 0 aromatic heterocycles. The van der Waals surface area contributed by atoms with Crippen LogP contribution in [0.2, 0.25) is 0 Å². The van der Waals surface area contributed by atoms with E-state index in [1.807, 2.05) is 36.4 Å². The number of nitrogens with one attached hydrogen (secondary N) is 2. The molecule has 0 bridgehead atoms. The Kier molecular flexibility index (Phi) is 4.04. The molecule has 0 spiro atoms. The number of aromatic hydroxyl groups is 1. The molecule has 2 unspecified atom stereocenters. The Labute approximate surface area is 153 Å². The topological polar surface area (TPSA) is 62.8 Å². The molecular weight excluding hydrogens is 328 g/mol. The van der Waals surface area contributed by atoms with E-state index in [2.05, 4.69) is 37.5 Å². The van der Waals surface area contributed by atoms with Crippen LogP contribution in [-0.4, -0.2) is 17.6 Å². The normalized spacial score (nSPS) is 24.3. The van der Waals surface area contributed by atoms with Crippen molar-refractivity contribution in [2.45, 2.75) is 32.5 Å². The molecule has 3 N–H and O–H groups in total. The van der Waals surface area contributed by atoms with Gasteiger partial charge in [-0.15, -0.1) is 0 Å². The average Bonchev–Trinajstić information content (AvgIpc) is 3.09. The first-order chi connectivity index (χ1) is 12.5. The second-order valence-electron chi connectivity index (χ2n) is 7.31. The summed E-state index contributed by atoms with van der Waals surface area (Å²) in [6, 6.07) is 13.3. The first-order valence-corrected chi connectivity index (χ1v) is 8.92. The lowest BCUT2D eigenvalue weighted by Gasteiger charge is -2.44. The number of fused-ring (bicyclic) bond motifs is 1. The van der Waals surface area contributed by atoms with E-state index in [9.17, 15) is 5.11 Å². The molecule has 136 valence electrons. The highest BCUT2D eigenvalue weighted by Crippen LogP contribution is 2.38. The van der Waals surface area contributed by atoms with E-state index in [4.69, 9.17) is 9.47 Å². The van der Waals surface area contributed by atoms with E-state index in [1.165, 1.54) is 0 Å². The highest BCUT2D eigenvalue weighted by atomic mass is 16.7. The van der Waals surface area contributed by atoms with Crippen LogP contribution in [0, 0.1) is 5.92 Å². The summed E-state index contributed by atoms with van der Waals surface area (Å²) in [4.78, 5) is 0. The summed E-state index contributed by atoms with van der Waals surface area (Å²) in [6.45, 7) is 6.75. The Morgan fingerprint density at radius 3 is 2.65 bits per heavy atom. The van der Waals surface area contributed by atoms with E-state index in [1.54, 1.807) is 6.07 Å². The first kappa shape index (κ1) is 16.8. The molecule has 0 aliphatic carbocycles. The number of ether oxygens (including phenoxy) is 2. The first-order valence-electron chi connectivity index (χ1n) is 8.92. The van der Waals surface area contributed by atoms with Crippen LogP contribution in [0.5, 0.6) is 17.2 Å². The Balaban J connectivity index is 1.77. The van der Waals surface area contributed by atoms with Gasteiger partial charge in [-0.1, -0.05) is 32.0 Å². The van der Waals surface area contributed by atoms with Crippen LogP contribution in [0.1, 0.15) is 37.9 Å². The third-order valence-electron chi connectivity index (χ3n) is 5.29. The van der Waals surface area contributed by atoms with Crippen LogP contribution in [0.3, 0.4) is 0 Å². The second kappa shape index (κ2) is 6.25. The summed E-state index contributed by atoms with van der Waals surface area (Å²) in [5, 5.41) is 17.6. The Morgan fingerprint density at radius 1 is 1.12 bits per heavy atom. The quantitative estimate of drug-likeness (QED) is 0.785. The molecule has 0 saturated heterocycles. The summed E-state index contributed by atoms with van der Waals surface area (Å²) < 4.78 is 10.9. The zero-order valence-corrected chi connectivity index (χ0v) is 15.2. The smallest absolute Gasteiger partial charge is 0.231 e. The van der Waals surface area contributed by atoms with E-state index in [0.29, 0.717) is 11.7 Å². The molecule has 4 rings (SSSR count). The molecule has 2 aromatic carbocycles. The molecule has 5 heteroatoms. The van der Waals surface area contributed by atoms with Gasteiger partial charge in [0, 0.05) is 16.8 Å². The van der Waals surface area contributed by atoms with Crippen molar-refractivity contribution in [3.05, 3.63) is 59.7 Å². The maximum Gasteiger partial charge on any atom is 0.231 e. The van der Waals surface area contributed by atoms with Gasteiger partial charge in [-0.3, -0.25) is 5.32 Å². The van der Waals surface area contributed by atoms with E-state index < -0.39 is 0 Å².